The smallest absolute Gasteiger partial charge is 0.437 e. The monoisotopic (exact) mass is 281 g/mol. The van der Waals surface area contributed by atoms with Crippen LogP contribution < -0.4 is 4.74 Å². The third-order valence-electron chi connectivity index (χ3n) is 1.91. The first-order chi connectivity index (χ1) is 6.97. The summed E-state index contributed by atoms with van der Waals surface area (Å²) in [6, 6.07) is 2.73. The van der Waals surface area contributed by atoms with Gasteiger partial charge in [-0.15, -0.1) is 0 Å². The number of ether oxygens (including phenoxy) is 1. The van der Waals surface area contributed by atoms with Crippen molar-refractivity contribution >= 4 is 15.9 Å². The molecule has 2 rings (SSSR count). The number of nitrogens with zero attached hydrogens (tertiary/aromatic N) is 1. The van der Waals surface area contributed by atoms with E-state index in [-0.39, 0.29) is 16.5 Å². The van der Waals surface area contributed by atoms with Crippen LogP contribution >= 0.6 is 15.9 Å². The number of aromatic nitrogens is 1. The average molecular weight is 282 g/mol. The van der Waals surface area contributed by atoms with Gasteiger partial charge in [-0.3, -0.25) is 0 Å². The Morgan fingerprint density at radius 1 is 1.33 bits per heavy atom. The third kappa shape index (κ3) is 2.62. The second-order valence-corrected chi connectivity index (χ2v) is 4.11. The molecule has 15 heavy (non-hydrogen) atoms. The molecule has 1 aromatic rings. The average Bonchev–Trinajstić information content (AvgIpc) is 2.90. The molecule has 0 unspecified atom stereocenters. The van der Waals surface area contributed by atoms with Gasteiger partial charge in [0.1, 0.15) is 4.60 Å². The predicted molar refractivity (Wildman–Crippen MR) is 50.6 cm³/mol. The zero-order chi connectivity index (χ0) is 11.1. The van der Waals surface area contributed by atoms with Crippen LogP contribution in [0, 0.1) is 0 Å². The van der Waals surface area contributed by atoms with Crippen LogP contribution in [-0.2, 0) is 6.18 Å². The van der Waals surface area contributed by atoms with E-state index in [0.717, 1.165) is 12.8 Å². The van der Waals surface area contributed by atoms with Crippen LogP contribution in [0.5, 0.6) is 5.75 Å². The lowest BCUT2D eigenvalue weighted by Crippen LogP contribution is -2.12. The quantitative estimate of drug-likeness (QED) is 0.775. The first kappa shape index (κ1) is 10.7. The van der Waals surface area contributed by atoms with Crippen molar-refractivity contribution in [3.05, 3.63) is 22.4 Å². The standard InChI is InChI=1S/C9H7BrF3NO/c10-7-4-3-6(15-5-1-2-5)8(14-7)9(11,12)13/h3-5H,1-2H2. The maximum absolute atomic E-state index is 12.5. The van der Waals surface area contributed by atoms with Crippen molar-refractivity contribution in [2.45, 2.75) is 25.1 Å². The molecule has 0 amide bonds. The Hall–Kier alpha value is -0.780. The van der Waals surface area contributed by atoms with Crippen LogP contribution in [0.3, 0.4) is 0 Å². The molecule has 6 heteroatoms. The van der Waals surface area contributed by atoms with Crippen molar-refractivity contribution in [3.63, 3.8) is 0 Å². The molecular formula is C9H7BrF3NO. The van der Waals surface area contributed by atoms with E-state index in [4.69, 9.17) is 4.74 Å². The van der Waals surface area contributed by atoms with Crippen LogP contribution in [0.25, 0.3) is 0 Å². The van der Waals surface area contributed by atoms with Gasteiger partial charge in [0.2, 0.25) is 0 Å². The summed E-state index contributed by atoms with van der Waals surface area (Å²) in [5, 5.41) is 0. The van der Waals surface area contributed by atoms with Crippen molar-refractivity contribution < 1.29 is 17.9 Å². The van der Waals surface area contributed by atoms with Gasteiger partial charge < -0.3 is 4.74 Å². The number of hydrogen-bond acceptors (Lipinski definition) is 2. The molecule has 0 saturated heterocycles. The van der Waals surface area contributed by atoms with Crippen molar-refractivity contribution in [2.24, 2.45) is 0 Å². The van der Waals surface area contributed by atoms with E-state index in [0.29, 0.717) is 0 Å². The highest BCUT2D eigenvalue weighted by Gasteiger charge is 2.38. The summed E-state index contributed by atoms with van der Waals surface area (Å²) in [6.45, 7) is 0. The Kier molecular flexibility index (Phi) is 2.62. The highest BCUT2D eigenvalue weighted by atomic mass is 79.9. The minimum atomic E-state index is -4.48. The number of alkyl halides is 3. The summed E-state index contributed by atoms with van der Waals surface area (Å²) in [7, 11) is 0. The Morgan fingerprint density at radius 2 is 2.00 bits per heavy atom. The largest absolute Gasteiger partial charge is 0.488 e. The van der Waals surface area contributed by atoms with E-state index in [1.165, 1.54) is 12.1 Å². The van der Waals surface area contributed by atoms with Crippen LogP contribution in [0.15, 0.2) is 16.7 Å². The van der Waals surface area contributed by atoms with Crippen LogP contribution in [-0.4, -0.2) is 11.1 Å². The Bertz CT molecular complexity index is 376. The molecule has 0 N–H and O–H groups in total. The molecule has 0 spiro atoms. The van der Waals surface area contributed by atoms with E-state index in [1.54, 1.807) is 0 Å². The first-order valence-corrected chi connectivity index (χ1v) is 5.16. The van der Waals surface area contributed by atoms with E-state index in [2.05, 4.69) is 20.9 Å². The van der Waals surface area contributed by atoms with E-state index in [9.17, 15) is 13.2 Å². The van der Waals surface area contributed by atoms with Gasteiger partial charge in [-0.05, 0) is 40.9 Å². The Morgan fingerprint density at radius 3 is 2.53 bits per heavy atom. The fourth-order valence-corrected chi connectivity index (χ4v) is 1.40. The summed E-state index contributed by atoms with van der Waals surface area (Å²) in [5.74, 6) is -0.187. The molecule has 1 heterocycles. The highest BCUT2D eigenvalue weighted by molar-refractivity contribution is 9.10. The maximum Gasteiger partial charge on any atom is 0.437 e. The van der Waals surface area contributed by atoms with Gasteiger partial charge in [0.25, 0.3) is 0 Å². The van der Waals surface area contributed by atoms with E-state index in [1.807, 2.05) is 0 Å². The number of halogens is 4. The molecule has 1 aliphatic carbocycles. The maximum atomic E-state index is 12.5. The van der Waals surface area contributed by atoms with Crippen molar-refractivity contribution in [3.8, 4) is 5.75 Å². The lowest BCUT2D eigenvalue weighted by atomic mass is 10.3. The summed E-state index contributed by atoms with van der Waals surface area (Å²) in [4.78, 5) is 3.39. The SMILES string of the molecule is FC(F)(F)c1nc(Br)ccc1OC1CC1. The van der Waals surface area contributed by atoms with Gasteiger partial charge in [-0.25, -0.2) is 4.98 Å². The van der Waals surface area contributed by atoms with Gasteiger partial charge in [-0.1, -0.05) is 0 Å². The number of pyridine rings is 1. The zero-order valence-corrected chi connectivity index (χ0v) is 9.10. The molecule has 1 saturated carbocycles. The van der Waals surface area contributed by atoms with Gasteiger partial charge in [0, 0.05) is 0 Å². The molecule has 82 valence electrons. The number of hydrogen-bond donors (Lipinski definition) is 0. The van der Waals surface area contributed by atoms with Crippen molar-refractivity contribution in [2.75, 3.05) is 0 Å². The lowest BCUT2D eigenvalue weighted by Gasteiger charge is -2.12. The molecule has 1 aromatic heterocycles. The molecule has 0 radical (unpaired) electrons. The Balaban J connectivity index is 2.34. The minimum absolute atomic E-state index is 0.0749. The minimum Gasteiger partial charge on any atom is -0.488 e. The summed E-state index contributed by atoms with van der Waals surface area (Å²) < 4.78 is 42.9. The zero-order valence-electron chi connectivity index (χ0n) is 7.51. The third-order valence-corrected chi connectivity index (χ3v) is 2.35. The first-order valence-electron chi connectivity index (χ1n) is 4.37. The molecular weight excluding hydrogens is 275 g/mol. The molecule has 1 aliphatic rings. The normalized spacial score (nSPS) is 16.5. The fourth-order valence-electron chi connectivity index (χ4n) is 1.09. The van der Waals surface area contributed by atoms with Crippen molar-refractivity contribution in [1.82, 2.24) is 4.98 Å². The predicted octanol–water partition coefficient (Wildman–Crippen LogP) is 3.40. The molecule has 0 bridgehead atoms. The second kappa shape index (κ2) is 3.66. The summed E-state index contributed by atoms with van der Waals surface area (Å²) in [5.41, 5.74) is -0.969. The van der Waals surface area contributed by atoms with Gasteiger partial charge >= 0.3 is 6.18 Å². The fraction of sp³-hybridized carbons (Fsp3) is 0.444. The molecule has 1 fully saturated rings. The highest BCUT2D eigenvalue weighted by Crippen LogP contribution is 2.38. The molecule has 0 atom stereocenters. The van der Waals surface area contributed by atoms with Gasteiger partial charge in [0.15, 0.2) is 11.4 Å². The number of rotatable bonds is 2. The van der Waals surface area contributed by atoms with Crippen LogP contribution in [0.4, 0.5) is 13.2 Å². The summed E-state index contributed by atoms with van der Waals surface area (Å²) in [6.07, 6.45) is -2.93. The van der Waals surface area contributed by atoms with Gasteiger partial charge in [0.05, 0.1) is 6.10 Å². The van der Waals surface area contributed by atoms with Crippen LogP contribution in [0.2, 0.25) is 0 Å². The van der Waals surface area contributed by atoms with Gasteiger partial charge in [-0.2, -0.15) is 13.2 Å². The lowest BCUT2D eigenvalue weighted by molar-refractivity contribution is -0.142. The summed E-state index contributed by atoms with van der Waals surface area (Å²) >= 11 is 2.90. The van der Waals surface area contributed by atoms with E-state index < -0.39 is 11.9 Å². The second-order valence-electron chi connectivity index (χ2n) is 3.30. The molecule has 0 aromatic carbocycles. The van der Waals surface area contributed by atoms with Crippen LogP contribution in [0.1, 0.15) is 18.5 Å². The molecule has 2 nitrogen and oxygen atoms in total. The van der Waals surface area contributed by atoms with Crippen molar-refractivity contribution in [1.29, 1.82) is 0 Å². The van der Waals surface area contributed by atoms with E-state index >= 15 is 0 Å². The topological polar surface area (TPSA) is 22.1 Å². The molecule has 0 aliphatic heterocycles. The Labute approximate surface area is 92.6 Å².